The number of hydrogen-bond donors (Lipinski definition) is 0. The van der Waals surface area contributed by atoms with E-state index in [0.717, 1.165) is 0 Å². The summed E-state index contributed by atoms with van der Waals surface area (Å²) in [7, 11) is 1.72. The summed E-state index contributed by atoms with van der Waals surface area (Å²) in [6.45, 7) is 0.295. The summed E-state index contributed by atoms with van der Waals surface area (Å²) in [6, 6.07) is 7.00. The highest BCUT2D eigenvalue weighted by Crippen LogP contribution is 2.25. The van der Waals surface area contributed by atoms with E-state index in [1.165, 1.54) is 46.3 Å². The maximum atomic E-state index is 12.3. The average molecular weight is 356 g/mol. The second kappa shape index (κ2) is 6.11. The van der Waals surface area contributed by atoms with Crippen LogP contribution in [0.15, 0.2) is 41.3 Å². The molecule has 2 heterocycles. The molecule has 24 heavy (non-hydrogen) atoms. The fourth-order valence-electron chi connectivity index (χ4n) is 2.07. The first-order chi connectivity index (χ1) is 11.3. The molecule has 0 bridgehead atoms. The number of alkyl halides is 3. The van der Waals surface area contributed by atoms with Gasteiger partial charge in [0.2, 0.25) is 10.1 Å². The summed E-state index contributed by atoms with van der Waals surface area (Å²) in [4.78, 5) is 17.9. The highest BCUT2D eigenvalue weighted by Gasteiger charge is 2.31. The van der Waals surface area contributed by atoms with Crippen molar-refractivity contribution >= 4 is 21.4 Å². The van der Waals surface area contributed by atoms with Crippen LogP contribution in [0.3, 0.4) is 0 Å². The van der Waals surface area contributed by atoms with Crippen molar-refractivity contribution in [2.24, 2.45) is 0 Å². The van der Waals surface area contributed by atoms with Gasteiger partial charge in [-0.3, -0.25) is 4.79 Å². The van der Waals surface area contributed by atoms with Gasteiger partial charge in [-0.1, -0.05) is 23.5 Å². The standard InChI is InChI=1S/C14H11F3N4O2S/c1-20(13-19-21-11(22)5-6-18-12(21)24-13)8-9-3-2-4-10(7-9)23-14(15,16)17/h2-7H,8H2,1H3. The van der Waals surface area contributed by atoms with Gasteiger partial charge in [0, 0.05) is 25.9 Å². The molecular weight excluding hydrogens is 345 g/mol. The third-order valence-corrected chi connectivity index (χ3v) is 4.08. The monoisotopic (exact) mass is 356 g/mol. The minimum atomic E-state index is -4.73. The number of rotatable bonds is 4. The maximum absolute atomic E-state index is 12.3. The predicted molar refractivity (Wildman–Crippen MR) is 82.4 cm³/mol. The molecule has 0 saturated heterocycles. The Kier molecular flexibility index (Phi) is 4.14. The van der Waals surface area contributed by atoms with E-state index in [4.69, 9.17) is 0 Å². The molecule has 0 radical (unpaired) electrons. The molecule has 0 amide bonds. The van der Waals surface area contributed by atoms with E-state index >= 15 is 0 Å². The van der Waals surface area contributed by atoms with E-state index in [-0.39, 0.29) is 11.3 Å². The van der Waals surface area contributed by atoms with Crippen molar-refractivity contribution in [1.29, 1.82) is 0 Å². The van der Waals surface area contributed by atoms with Crippen LogP contribution in [0.5, 0.6) is 5.75 Å². The molecule has 0 N–H and O–H groups in total. The van der Waals surface area contributed by atoms with E-state index in [0.29, 0.717) is 22.2 Å². The lowest BCUT2D eigenvalue weighted by atomic mass is 10.2. The Hall–Kier alpha value is -2.62. The van der Waals surface area contributed by atoms with E-state index in [1.54, 1.807) is 18.0 Å². The smallest absolute Gasteiger partial charge is 0.406 e. The molecule has 3 rings (SSSR count). The van der Waals surface area contributed by atoms with Crippen LogP contribution in [0.2, 0.25) is 0 Å². The second-order valence-corrected chi connectivity index (χ2v) is 5.85. The van der Waals surface area contributed by atoms with Crippen LogP contribution in [-0.2, 0) is 6.54 Å². The lowest BCUT2D eigenvalue weighted by molar-refractivity contribution is -0.274. The quantitative estimate of drug-likeness (QED) is 0.719. The number of halogens is 3. The molecule has 3 aromatic rings. The largest absolute Gasteiger partial charge is 0.573 e. The van der Waals surface area contributed by atoms with E-state index < -0.39 is 6.36 Å². The van der Waals surface area contributed by atoms with Crippen molar-refractivity contribution in [2.45, 2.75) is 12.9 Å². The van der Waals surface area contributed by atoms with Crippen LogP contribution in [0, 0.1) is 0 Å². The molecule has 0 aliphatic heterocycles. The third kappa shape index (κ3) is 3.65. The lowest BCUT2D eigenvalue weighted by Gasteiger charge is -2.16. The number of hydrogen-bond acceptors (Lipinski definition) is 6. The van der Waals surface area contributed by atoms with Gasteiger partial charge < -0.3 is 9.64 Å². The van der Waals surface area contributed by atoms with Crippen LogP contribution in [0.25, 0.3) is 4.96 Å². The highest BCUT2D eigenvalue weighted by molar-refractivity contribution is 7.20. The van der Waals surface area contributed by atoms with Crippen LogP contribution in [0.4, 0.5) is 18.3 Å². The van der Waals surface area contributed by atoms with Gasteiger partial charge in [0.05, 0.1) is 0 Å². The summed E-state index contributed by atoms with van der Waals surface area (Å²) < 4.78 is 41.9. The highest BCUT2D eigenvalue weighted by atomic mass is 32.1. The van der Waals surface area contributed by atoms with Gasteiger partial charge in [-0.2, -0.15) is 4.52 Å². The Morgan fingerprint density at radius 1 is 1.33 bits per heavy atom. The second-order valence-electron chi connectivity index (χ2n) is 4.91. The molecule has 0 spiro atoms. The normalized spacial score (nSPS) is 11.7. The summed E-state index contributed by atoms with van der Waals surface area (Å²) in [5.41, 5.74) is 0.315. The first kappa shape index (κ1) is 16.2. The van der Waals surface area contributed by atoms with Crippen molar-refractivity contribution in [2.75, 3.05) is 11.9 Å². The van der Waals surface area contributed by atoms with Gasteiger partial charge in [0.1, 0.15) is 5.75 Å². The number of benzene rings is 1. The first-order valence-corrected chi connectivity index (χ1v) is 7.54. The van der Waals surface area contributed by atoms with Crippen LogP contribution < -0.4 is 15.2 Å². The van der Waals surface area contributed by atoms with Crippen LogP contribution in [0.1, 0.15) is 5.56 Å². The topological polar surface area (TPSA) is 59.7 Å². The maximum Gasteiger partial charge on any atom is 0.573 e. The lowest BCUT2D eigenvalue weighted by Crippen LogP contribution is -2.19. The van der Waals surface area contributed by atoms with E-state index in [2.05, 4.69) is 14.8 Å². The fourth-order valence-corrected chi connectivity index (χ4v) is 2.91. The summed E-state index contributed by atoms with van der Waals surface area (Å²) in [5, 5.41) is 4.69. The molecule has 6 nitrogen and oxygen atoms in total. The van der Waals surface area contributed by atoms with Gasteiger partial charge in [-0.25, -0.2) is 4.98 Å². The molecule has 0 saturated carbocycles. The fraction of sp³-hybridized carbons (Fsp3) is 0.214. The summed E-state index contributed by atoms with van der Waals surface area (Å²) >= 11 is 1.21. The zero-order valence-corrected chi connectivity index (χ0v) is 13.1. The van der Waals surface area contributed by atoms with Gasteiger partial charge >= 0.3 is 6.36 Å². The van der Waals surface area contributed by atoms with Gasteiger partial charge in [0.15, 0.2) is 0 Å². The molecule has 10 heteroatoms. The predicted octanol–water partition coefficient (Wildman–Crippen LogP) is 2.69. The van der Waals surface area contributed by atoms with Crippen molar-refractivity contribution in [3.63, 3.8) is 0 Å². The average Bonchev–Trinajstić information content (AvgIpc) is 2.91. The van der Waals surface area contributed by atoms with Gasteiger partial charge in [0.25, 0.3) is 5.56 Å². The number of fused-ring (bicyclic) bond motifs is 1. The van der Waals surface area contributed by atoms with E-state index in [9.17, 15) is 18.0 Å². The molecule has 0 fully saturated rings. The van der Waals surface area contributed by atoms with Crippen molar-refractivity contribution < 1.29 is 17.9 Å². The van der Waals surface area contributed by atoms with Gasteiger partial charge in [-0.05, 0) is 17.7 Å². The minimum Gasteiger partial charge on any atom is -0.406 e. The Balaban J connectivity index is 1.81. The minimum absolute atomic E-state index is 0.282. The molecule has 0 aliphatic carbocycles. The Labute approximate surface area is 137 Å². The third-order valence-electron chi connectivity index (χ3n) is 3.04. The molecule has 2 aromatic heterocycles. The molecule has 0 aliphatic rings. The SMILES string of the molecule is CN(Cc1cccc(OC(F)(F)F)c1)c1nn2c(=O)ccnc2s1. The number of aromatic nitrogens is 3. The molecule has 0 unspecified atom stereocenters. The number of anilines is 1. The van der Waals surface area contributed by atoms with Crippen LogP contribution in [-0.4, -0.2) is 28.0 Å². The van der Waals surface area contributed by atoms with Crippen molar-refractivity contribution in [3.05, 3.63) is 52.4 Å². The van der Waals surface area contributed by atoms with Crippen molar-refractivity contribution in [3.8, 4) is 5.75 Å². The van der Waals surface area contributed by atoms with Crippen LogP contribution >= 0.6 is 11.3 Å². The molecule has 0 atom stereocenters. The Morgan fingerprint density at radius 3 is 2.83 bits per heavy atom. The molecule has 1 aromatic carbocycles. The zero-order valence-electron chi connectivity index (χ0n) is 12.3. The first-order valence-electron chi connectivity index (χ1n) is 6.72. The van der Waals surface area contributed by atoms with Gasteiger partial charge in [-0.15, -0.1) is 18.3 Å². The van der Waals surface area contributed by atoms with E-state index in [1.807, 2.05) is 0 Å². The number of nitrogens with zero attached hydrogens (tertiary/aromatic N) is 4. The Morgan fingerprint density at radius 2 is 2.12 bits per heavy atom. The summed E-state index contributed by atoms with van der Waals surface area (Å²) in [6.07, 6.45) is -3.33. The number of ether oxygens (including phenoxy) is 1. The summed E-state index contributed by atoms with van der Waals surface area (Å²) in [5.74, 6) is -0.282. The Bertz CT molecular complexity index is 922. The van der Waals surface area contributed by atoms with Crippen molar-refractivity contribution in [1.82, 2.24) is 14.6 Å². The molecular formula is C14H11F3N4O2S. The molecule has 126 valence electrons. The zero-order chi connectivity index (χ0) is 17.3.